The lowest BCUT2D eigenvalue weighted by molar-refractivity contribution is -0.307. The number of ether oxygens (including phenoxy) is 1. The van der Waals surface area contributed by atoms with Crippen LogP contribution in [0.15, 0.2) is 55.4 Å². The first-order valence-corrected chi connectivity index (χ1v) is 6.64. The first-order chi connectivity index (χ1) is 11.1. The number of benzene rings is 1. The Balaban J connectivity index is 1.94. The van der Waals surface area contributed by atoms with Gasteiger partial charge in [-0.15, -0.1) is 0 Å². The Bertz CT molecular complexity index is 716. The summed E-state index contributed by atoms with van der Waals surface area (Å²) in [7, 11) is 0. The minimum absolute atomic E-state index is 0.355. The van der Waals surface area contributed by atoms with E-state index in [4.69, 9.17) is 4.74 Å². The Labute approximate surface area is 132 Å². The second-order valence-electron chi connectivity index (χ2n) is 4.49. The number of aromatic nitrogens is 1. The number of hydrazine groups is 1. The summed E-state index contributed by atoms with van der Waals surface area (Å²) in [4.78, 5) is 26.1. The Hall–Kier alpha value is -3.35. The standard InChI is InChI=1S/C16H15N3O4/c1-11(18-19-16(22)13-5-3-7-17-9-13)12-4-2-6-14(8-12)23-10-15(20)21/h2-9,18H,1,10H2,(H,19,22)(H,20,21)/p-1. The maximum atomic E-state index is 11.9. The van der Waals surface area contributed by atoms with Crippen molar-refractivity contribution in [1.29, 1.82) is 0 Å². The van der Waals surface area contributed by atoms with E-state index < -0.39 is 12.6 Å². The summed E-state index contributed by atoms with van der Waals surface area (Å²) < 4.78 is 5.03. The molecule has 1 aromatic heterocycles. The number of carbonyl (C=O) groups excluding carboxylic acids is 2. The monoisotopic (exact) mass is 312 g/mol. The fourth-order valence-corrected chi connectivity index (χ4v) is 1.69. The molecule has 7 heteroatoms. The second-order valence-corrected chi connectivity index (χ2v) is 4.49. The summed E-state index contributed by atoms with van der Waals surface area (Å²) in [6.07, 6.45) is 3.01. The number of carboxylic acid groups (broad SMARTS) is 1. The Morgan fingerprint density at radius 2 is 1.96 bits per heavy atom. The lowest BCUT2D eigenvalue weighted by atomic mass is 10.2. The largest absolute Gasteiger partial charge is 0.546 e. The van der Waals surface area contributed by atoms with E-state index in [-0.39, 0.29) is 5.91 Å². The van der Waals surface area contributed by atoms with Crippen LogP contribution in [-0.2, 0) is 4.79 Å². The molecule has 0 bridgehead atoms. The van der Waals surface area contributed by atoms with Gasteiger partial charge in [-0.25, -0.2) is 0 Å². The molecule has 118 valence electrons. The molecule has 23 heavy (non-hydrogen) atoms. The van der Waals surface area contributed by atoms with Gasteiger partial charge in [0.15, 0.2) is 0 Å². The average Bonchev–Trinajstić information content (AvgIpc) is 2.58. The molecule has 0 atom stereocenters. The van der Waals surface area contributed by atoms with E-state index >= 15 is 0 Å². The Kier molecular flexibility index (Phi) is 5.30. The van der Waals surface area contributed by atoms with E-state index in [9.17, 15) is 14.7 Å². The molecule has 0 saturated heterocycles. The van der Waals surface area contributed by atoms with Gasteiger partial charge >= 0.3 is 0 Å². The summed E-state index contributed by atoms with van der Waals surface area (Å²) in [5.41, 5.74) is 6.63. The highest BCUT2D eigenvalue weighted by atomic mass is 16.5. The van der Waals surface area contributed by atoms with Gasteiger partial charge in [-0.2, -0.15) is 0 Å². The second kappa shape index (κ2) is 7.60. The molecule has 1 heterocycles. The summed E-state index contributed by atoms with van der Waals surface area (Å²) in [6, 6.07) is 9.89. The van der Waals surface area contributed by atoms with Crippen LogP contribution in [0.5, 0.6) is 5.75 Å². The smallest absolute Gasteiger partial charge is 0.271 e. The normalized spacial score (nSPS) is 9.74. The number of pyridine rings is 1. The number of rotatable bonds is 7. The summed E-state index contributed by atoms with van der Waals surface area (Å²) >= 11 is 0. The highest BCUT2D eigenvalue weighted by Crippen LogP contribution is 2.17. The fourth-order valence-electron chi connectivity index (χ4n) is 1.69. The molecule has 0 unspecified atom stereocenters. The van der Waals surface area contributed by atoms with Gasteiger partial charge in [-0.05, 0) is 24.3 Å². The molecule has 0 fully saturated rings. The van der Waals surface area contributed by atoms with Gasteiger partial charge in [-0.3, -0.25) is 20.6 Å². The van der Waals surface area contributed by atoms with Crippen molar-refractivity contribution >= 4 is 17.6 Å². The lowest BCUT2D eigenvalue weighted by Crippen LogP contribution is -2.35. The van der Waals surface area contributed by atoms with E-state index in [2.05, 4.69) is 22.4 Å². The fraction of sp³-hybridized carbons (Fsp3) is 0.0625. The number of carbonyl (C=O) groups is 2. The molecule has 0 aliphatic heterocycles. The van der Waals surface area contributed by atoms with Crippen LogP contribution < -0.4 is 20.7 Å². The van der Waals surface area contributed by atoms with Crippen LogP contribution in [0, 0.1) is 0 Å². The van der Waals surface area contributed by atoms with Gasteiger partial charge in [0.05, 0.1) is 17.2 Å². The lowest BCUT2D eigenvalue weighted by Gasteiger charge is -2.13. The third-order valence-corrected chi connectivity index (χ3v) is 2.79. The molecule has 2 rings (SSSR count). The number of nitrogens with zero attached hydrogens (tertiary/aromatic N) is 1. The number of amides is 1. The zero-order valence-electron chi connectivity index (χ0n) is 12.1. The van der Waals surface area contributed by atoms with Crippen LogP contribution >= 0.6 is 0 Å². The van der Waals surface area contributed by atoms with Crippen molar-refractivity contribution in [2.24, 2.45) is 0 Å². The van der Waals surface area contributed by atoms with Gasteiger partial charge in [0.25, 0.3) is 5.91 Å². The van der Waals surface area contributed by atoms with Gasteiger partial charge < -0.3 is 14.6 Å². The van der Waals surface area contributed by atoms with Crippen LogP contribution in [-0.4, -0.2) is 23.5 Å². The number of nitrogens with one attached hydrogen (secondary N) is 2. The Morgan fingerprint density at radius 3 is 2.65 bits per heavy atom. The third kappa shape index (κ3) is 4.85. The molecule has 1 amide bonds. The minimum atomic E-state index is -1.31. The topological polar surface area (TPSA) is 103 Å². The molecular formula is C16H14N3O4-. The highest BCUT2D eigenvalue weighted by molar-refractivity contribution is 5.94. The zero-order chi connectivity index (χ0) is 16.7. The maximum Gasteiger partial charge on any atom is 0.271 e. The molecule has 0 saturated carbocycles. The minimum Gasteiger partial charge on any atom is -0.546 e. The molecule has 2 aromatic rings. The van der Waals surface area contributed by atoms with Crippen LogP contribution in [0.2, 0.25) is 0 Å². The van der Waals surface area contributed by atoms with Gasteiger partial charge in [0.2, 0.25) is 0 Å². The number of carboxylic acids is 1. The number of hydrogen-bond acceptors (Lipinski definition) is 6. The first-order valence-electron chi connectivity index (χ1n) is 6.64. The maximum absolute atomic E-state index is 11.9. The van der Waals surface area contributed by atoms with E-state index in [0.29, 0.717) is 22.6 Å². The van der Waals surface area contributed by atoms with Crippen LogP contribution in [0.25, 0.3) is 5.70 Å². The van der Waals surface area contributed by atoms with Crippen molar-refractivity contribution in [2.45, 2.75) is 0 Å². The number of aliphatic carboxylic acids is 1. The molecule has 0 aliphatic rings. The zero-order valence-corrected chi connectivity index (χ0v) is 12.1. The van der Waals surface area contributed by atoms with Gasteiger partial charge in [-0.1, -0.05) is 18.7 Å². The van der Waals surface area contributed by atoms with E-state index in [1.807, 2.05) is 0 Å². The summed E-state index contributed by atoms with van der Waals surface area (Å²) in [6.45, 7) is 3.26. The van der Waals surface area contributed by atoms with E-state index in [0.717, 1.165) is 0 Å². The molecule has 1 aromatic carbocycles. The van der Waals surface area contributed by atoms with E-state index in [1.165, 1.54) is 6.20 Å². The predicted molar refractivity (Wildman–Crippen MR) is 80.8 cm³/mol. The van der Waals surface area contributed by atoms with Crippen molar-refractivity contribution in [3.63, 3.8) is 0 Å². The molecule has 7 nitrogen and oxygen atoms in total. The number of hydrogen-bond donors (Lipinski definition) is 2. The van der Waals surface area contributed by atoms with Gasteiger partial charge in [0.1, 0.15) is 12.4 Å². The van der Waals surface area contributed by atoms with Crippen molar-refractivity contribution in [3.8, 4) is 5.75 Å². The van der Waals surface area contributed by atoms with Crippen LogP contribution in [0.1, 0.15) is 15.9 Å². The summed E-state index contributed by atoms with van der Waals surface area (Å²) in [5.74, 6) is -1.31. The van der Waals surface area contributed by atoms with Crippen molar-refractivity contribution in [1.82, 2.24) is 15.8 Å². The quantitative estimate of drug-likeness (QED) is 0.704. The molecule has 0 spiro atoms. The van der Waals surface area contributed by atoms with Crippen molar-refractivity contribution in [3.05, 3.63) is 66.5 Å². The SMILES string of the molecule is C=C(NNC(=O)c1cccnc1)c1cccc(OCC(=O)[O-])c1. The first kappa shape index (κ1) is 16.0. The molecule has 2 N–H and O–H groups in total. The van der Waals surface area contributed by atoms with Crippen LogP contribution in [0.3, 0.4) is 0 Å². The van der Waals surface area contributed by atoms with E-state index in [1.54, 1.807) is 42.6 Å². The summed E-state index contributed by atoms with van der Waals surface area (Å²) in [5, 5.41) is 10.4. The van der Waals surface area contributed by atoms with Gasteiger partial charge in [0, 0.05) is 18.0 Å². The highest BCUT2D eigenvalue weighted by Gasteiger charge is 2.06. The molecular weight excluding hydrogens is 298 g/mol. The van der Waals surface area contributed by atoms with Crippen molar-refractivity contribution < 1.29 is 19.4 Å². The predicted octanol–water partition coefficient (Wildman–Crippen LogP) is 0.116. The Morgan fingerprint density at radius 1 is 1.17 bits per heavy atom. The third-order valence-electron chi connectivity index (χ3n) is 2.79. The molecule has 0 aliphatic carbocycles. The van der Waals surface area contributed by atoms with Crippen LogP contribution in [0.4, 0.5) is 0 Å². The average molecular weight is 312 g/mol. The molecule has 0 radical (unpaired) electrons. The van der Waals surface area contributed by atoms with Crippen molar-refractivity contribution in [2.75, 3.05) is 6.61 Å².